The molecule has 0 aromatic heterocycles. The van der Waals surface area contributed by atoms with E-state index in [0.717, 1.165) is 0 Å². The SMILES string of the molecule is CCCCCCCCC(CCCN(CCCCCCCCCC(C)(C)C)CCCCCCCCCC(C)(C)C)C(C)(C)OC. The fourth-order valence-corrected chi connectivity index (χ4v) is 6.82. The highest BCUT2D eigenvalue weighted by Crippen LogP contribution is 2.30. The first-order chi connectivity index (χ1) is 20.8. The topological polar surface area (TPSA) is 12.5 Å². The highest BCUT2D eigenvalue weighted by atomic mass is 16.5. The number of hydrogen-bond acceptors (Lipinski definition) is 2. The van der Waals surface area contributed by atoms with Crippen LogP contribution in [0.1, 0.15) is 223 Å². The van der Waals surface area contributed by atoms with Crippen LogP contribution in [0.5, 0.6) is 0 Å². The molecule has 1 unspecified atom stereocenters. The summed E-state index contributed by atoms with van der Waals surface area (Å²) in [7, 11) is 1.93. The summed E-state index contributed by atoms with van der Waals surface area (Å²) in [5, 5.41) is 0. The minimum absolute atomic E-state index is 0.00594. The van der Waals surface area contributed by atoms with Crippen LogP contribution in [-0.4, -0.2) is 37.2 Å². The molecule has 0 aliphatic rings. The Hall–Kier alpha value is -0.0800. The molecule has 266 valence electrons. The molecule has 0 N–H and O–H groups in total. The van der Waals surface area contributed by atoms with Gasteiger partial charge in [0.05, 0.1) is 5.60 Å². The second kappa shape index (κ2) is 26.9. The predicted octanol–water partition coefficient (Wildman–Crippen LogP) is 14.2. The van der Waals surface area contributed by atoms with Crippen molar-refractivity contribution in [2.24, 2.45) is 16.7 Å². The molecule has 0 aliphatic heterocycles. The van der Waals surface area contributed by atoms with Crippen molar-refractivity contribution in [3.63, 3.8) is 0 Å². The van der Waals surface area contributed by atoms with E-state index in [9.17, 15) is 0 Å². The lowest BCUT2D eigenvalue weighted by Gasteiger charge is -2.34. The first kappa shape index (κ1) is 43.9. The number of rotatable bonds is 31. The van der Waals surface area contributed by atoms with Crippen LogP contribution in [0.4, 0.5) is 0 Å². The number of ether oxygens (including phenoxy) is 1. The summed E-state index contributed by atoms with van der Waals surface area (Å²) in [5.41, 5.74) is 1.00. The molecule has 0 heterocycles. The number of hydrogen-bond donors (Lipinski definition) is 0. The van der Waals surface area contributed by atoms with E-state index in [2.05, 4.69) is 67.2 Å². The first-order valence-electron chi connectivity index (χ1n) is 20.1. The van der Waals surface area contributed by atoms with E-state index in [0.29, 0.717) is 16.7 Å². The van der Waals surface area contributed by atoms with Gasteiger partial charge in [-0.15, -0.1) is 0 Å². The van der Waals surface area contributed by atoms with Gasteiger partial charge in [0.25, 0.3) is 0 Å². The highest BCUT2D eigenvalue weighted by molar-refractivity contribution is 4.80. The minimum Gasteiger partial charge on any atom is -0.379 e. The molecule has 0 aromatic rings. The van der Waals surface area contributed by atoms with E-state index < -0.39 is 0 Å². The fourth-order valence-electron chi connectivity index (χ4n) is 6.82. The van der Waals surface area contributed by atoms with Gasteiger partial charge in [-0.05, 0) is 95.2 Å². The molecule has 2 heteroatoms. The summed E-state index contributed by atoms with van der Waals surface area (Å²) < 4.78 is 6.03. The van der Waals surface area contributed by atoms with Crippen LogP contribution in [0, 0.1) is 16.7 Å². The molecule has 2 nitrogen and oxygen atoms in total. The second-order valence-electron chi connectivity index (χ2n) is 17.6. The molecule has 0 fully saturated rings. The van der Waals surface area contributed by atoms with E-state index >= 15 is 0 Å². The minimum atomic E-state index is -0.00594. The van der Waals surface area contributed by atoms with Gasteiger partial charge < -0.3 is 9.64 Å². The molecule has 0 rings (SSSR count). The maximum absolute atomic E-state index is 6.03. The molecule has 0 saturated carbocycles. The van der Waals surface area contributed by atoms with Crippen LogP contribution >= 0.6 is 0 Å². The third-order valence-electron chi connectivity index (χ3n) is 10.2. The Bertz CT molecular complexity index is 566. The second-order valence-corrected chi connectivity index (χ2v) is 17.6. The standard InChI is InChI=1S/C42H87NO/c1-11-12-13-14-21-26-32-39(42(8,9)44-10)33-31-38-43(36-29-24-19-15-17-22-27-34-40(2,3)4)37-30-25-20-16-18-23-28-35-41(5,6)7/h39H,11-38H2,1-10H3. The summed E-state index contributed by atoms with van der Waals surface area (Å²) in [6.45, 7) is 25.1. The first-order valence-corrected chi connectivity index (χ1v) is 20.1. The molecule has 0 radical (unpaired) electrons. The van der Waals surface area contributed by atoms with Crippen molar-refractivity contribution in [2.45, 2.75) is 228 Å². The zero-order valence-electron chi connectivity index (χ0n) is 32.7. The Balaban J connectivity index is 4.54. The van der Waals surface area contributed by atoms with Crippen LogP contribution in [-0.2, 0) is 4.74 Å². The van der Waals surface area contributed by atoms with Crippen molar-refractivity contribution < 1.29 is 4.74 Å². The Morgan fingerprint density at radius 1 is 0.432 bits per heavy atom. The average molecular weight is 622 g/mol. The summed E-state index contributed by atoms with van der Waals surface area (Å²) in [5.74, 6) is 0.678. The molecule has 44 heavy (non-hydrogen) atoms. The zero-order chi connectivity index (χ0) is 33.2. The Morgan fingerprint density at radius 3 is 1.18 bits per heavy atom. The third kappa shape index (κ3) is 29.3. The van der Waals surface area contributed by atoms with Crippen LogP contribution in [0.15, 0.2) is 0 Å². The normalized spacial score (nSPS) is 13.7. The molecule has 0 aromatic carbocycles. The lowest BCUT2D eigenvalue weighted by molar-refractivity contribution is -0.0357. The van der Waals surface area contributed by atoms with Gasteiger partial charge >= 0.3 is 0 Å². The maximum Gasteiger partial charge on any atom is 0.0650 e. The summed E-state index contributed by atoms with van der Waals surface area (Å²) >= 11 is 0. The summed E-state index contributed by atoms with van der Waals surface area (Å²) in [6, 6.07) is 0. The van der Waals surface area contributed by atoms with Gasteiger partial charge in [0.2, 0.25) is 0 Å². The number of methoxy groups -OCH3 is 1. The van der Waals surface area contributed by atoms with Gasteiger partial charge in [-0.2, -0.15) is 0 Å². The zero-order valence-corrected chi connectivity index (χ0v) is 32.7. The lowest BCUT2D eigenvalue weighted by Crippen LogP contribution is -2.34. The Morgan fingerprint density at radius 2 is 0.773 bits per heavy atom. The largest absolute Gasteiger partial charge is 0.379 e. The van der Waals surface area contributed by atoms with Crippen molar-refractivity contribution >= 4 is 0 Å². The molecular formula is C42H87NO. The molecule has 0 saturated heterocycles. The van der Waals surface area contributed by atoms with Gasteiger partial charge in [-0.25, -0.2) is 0 Å². The number of unbranched alkanes of at least 4 members (excludes halogenated alkanes) is 17. The van der Waals surface area contributed by atoms with Gasteiger partial charge in [0.1, 0.15) is 0 Å². The Labute approximate surface area is 281 Å². The van der Waals surface area contributed by atoms with Gasteiger partial charge in [0.15, 0.2) is 0 Å². The van der Waals surface area contributed by atoms with Crippen LogP contribution < -0.4 is 0 Å². The van der Waals surface area contributed by atoms with E-state index in [1.54, 1.807) is 0 Å². The predicted molar refractivity (Wildman–Crippen MR) is 201 cm³/mol. The quantitative estimate of drug-likeness (QED) is 0.0714. The lowest BCUT2D eigenvalue weighted by atomic mass is 9.82. The van der Waals surface area contributed by atoms with Crippen molar-refractivity contribution in [1.29, 1.82) is 0 Å². The average Bonchev–Trinajstić information content (AvgIpc) is 2.94. The third-order valence-corrected chi connectivity index (χ3v) is 10.2. The molecular weight excluding hydrogens is 534 g/mol. The fraction of sp³-hybridized carbons (Fsp3) is 1.00. The molecule has 0 aliphatic carbocycles. The van der Waals surface area contributed by atoms with Crippen LogP contribution in [0.3, 0.4) is 0 Å². The van der Waals surface area contributed by atoms with Crippen molar-refractivity contribution in [3.8, 4) is 0 Å². The van der Waals surface area contributed by atoms with Gasteiger partial charge in [-0.1, -0.05) is 164 Å². The van der Waals surface area contributed by atoms with Crippen molar-refractivity contribution in [2.75, 3.05) is 26.7 Å². The van der Waals surface area contributed by atoms with Crippen LogP contribution in [0.25, 0.3) is 0 Å². The van der Waals surface area contributed by atoms with E-state index in [-0.39, 0.29) is 5.60 Å². The molecule has 0 amide bonds. The highest BCUT2D eigenvalue weighted by Gasteiger charge is 2.28. The van der Waals surface area contributed by atoms with Gasteiger partial charge in [0, 0.05) is 7.11 Å². The summed E-state index contributed by atoms with van der Waals surface area (Å²) in [6.07, 6.45) is 35.0. The van der Waals surface area contributed by atoms with E-state index in [1.807, 2.05) is 7.11 Å². The smallest absolute Gasteiger partial charge is 0.0650 e. The molecule has 0 spiro atoms. The van der Waals surface area contributed by atoms with Crippen molar-refractivity contribution in [3.05, 3.63) is 0 Å². The van der Waals surface area contributed by atoms with Gasteiger partial charge in [-0.3, -0.25) is 0 Å². The monoisotopic (exact) mass is 622 g/mol. The maximum atomic E-state index is 6.03. The van der Waals surface area contributed by atoms with Crippen molar-refractivity contribution in [1.82, 2.24) is 4.90 Å². The van der Waals surface area contributed by atoms with E-state index in [4.69, 9.17) is 4.74 Å². The Kier molecular flexibility index (Phi) is 26.9. The number of nitrogens with zero attached hydrogens (tertiary/aromatic N) is 1. The van der Waals surface area contributed by atoms with Crippen LogP contribution in [0.2, 0.25) is 0 Å². The van der Waals surface area contributed by atoms with E-state index in [1.165, 1.54) is 180 Å². The molecule has 1 atom stereocenters. The molecule has 0 bridgehead atoms. The summed E-state index contributed by atoms with van der Waals surface area (Å²) in [4.78, 5) is 2.84.